The molecule has 1 atom stereocenters. The second-order valence-electron chi connectivity index (χ2n) is 9.72. The van der Waals surface area contributed by atoms with Crippen LogP contribution in [0.2, 0.25) is 0 Å². The Morgan fingerprint density at radius 1 is 1.02 bits per heavy atom. The third-order valence-electron chi connectivity index (χ3n) is 7.26. The Bertz CT molecular complexity index is 1620. The fourth-order valence-corrected chi connectivity index (χ4v) is 5.06. The third kappa shape index (κ3) is 5.72. The molecule has 10 nitrogen and oxygen atoms in total. The number of benzene rings is 2. The summed E-state index contributed by atoms with van der Waals surface area (Å²) in [5.41, 5.74) is 0.828. The van der Waals surface area contributed by atoms with Crippen LogP contribution in [0, 0.1) is 0 Å². The minimum Gasteiger partial charge on any atom is -0.502 e. The Labute approximate surface area is 230 Å². The van der Waals surface area contributed by atoms with E-state index in [1.54, 1.807) is 25.3 Å². The van der Waals surface area contributed by atoms with E-state index in [4.69, 9.17) is 13.9 Å². The number of nitrogens with zero attached hydrogens (tertiary/aromatic N) is 2. The minimum atomic E-state index is -1.03. The van der Waals surface area contributed by atoms with Gasteiger partial charge in [0.05, 0.1) is 33.1 Å². The van der Waals surface area contributed by atoms with Crippen molar-refractivity contribution in [3.8, 4) is 11.5 Å². The van der Waals surface area contributed by atoms with Gasteiger partial charge in [-0.25, -0.2) is 0 Å². The summed E-state index contributed by atoms with van der Waals surface area (Å²) >= 11 is 0. The topological polar surface area (TPSA) is 125 Å². The number of hydrogen-bond acceptors (Lipinski definition) is 9. The molecule has 0 radical (unpaired) electrons. The molecule has 1 unspecified atom stereocenters. The van der Waals surface area contributed by atoms with E-state index in [0.717, 1.165) is 43.0 Å². The second kappa shape index (κ2) is 11.7. The van der Waals surface area contributed by atoms with Crippen molar-refractivity contribution in [1.82, 2.24) is 9.88 Å². The van der Waals surface area contributed by atoms with Gasteiger partial charge in [0.15, 0.2) is 5.76 Å². The van der Waals surface area contributed by atoms with E-state index < -0.39 is 28.6 Å². The predicted octanol–water partition coefficient (Wildman–Crippen LogP) is 3.21. The maximum atomic E-state index is 13.1. The van der Waals surface area contributed by atoms with Gasteiger partial charge >= 0.3 is 5.97 Å². The molecule has 40 heavy (non-hydrogen) atoms. The van der Waals surface area contributed by atoms with Crippen LogP contribution in [0.1, 0.15) is 29.4 Å². The number of rotatable bonds is 8. The first-order valence-corrected chi connectivity index (χ1v) is 13.0. The largest absolute Gasteiger partial charge is 0.502 e. The van der Waals surface area contributed by atoms with Crippen LogP contribution in [0.15, 0.2) is 74.7 Å². The van der Waals surface area contributed by atoms with Crippen LogP contribution < -0.4 is 20.6 Å². The van der Waals surface area contributed by atoms with E-state index in [-0.39, 0.29) is 17.7 Å². The quantitative estimate of drug-likeness (QED) is 0.321. The first-order valence-electron chi connectivity index (χ1n) is 13.0. The molecule has 2 N–H and O–H groups in total. The summed E-state index contributed by atoms with van der Waals surface area (Å²) in [5.74, 6) is -1.26. The van der Waals surface area contributed by atoms with Gasteiger partial charge in [0, 0.05) is 49.0 Å². The van der Waals surface area contributed by atoms with Gasteiger partial charge in [-0.05, 0) is 41.8 Å². The zero-order chi connectivity index (χ0) is 28.2. The first-order chi connectivity index (χ1) is 19.4. The van der Waals surface area contributed by atoms with Crippen LogP contribution in [0.3, 0.4) is 0 Å². The molecule has 5 rings (SSSR count). The summed E-state index contributed by atoms with van der Waals surface area (Å²) in [7, 11) is 2.88. The standard InChI is InChI=1S/C30H31N3O7/c1-38-21-9-7-20(8-10-21)33-13-11-32(12-14-33)18-22-16-26(34)28(36)29(40-22)23(17-27(35)39-2)24-15-19-5-3-4-6-25(19)31-30(24)37/h3-10,15-16,23,36H,11-14,17-18H2,1-2H3,(H,31,37). The van der Waals surface area contributed by atoms with E-state index in [0.29, 0.717) is 17.8 Å². The van der Waals surface area contributed by atoms with Crippen LogP contribution in [0.25, 0.3) is 10.9 Å². The van der Waals surface area contributed by atoms with E-state index in [2.05, 4.69) is 14.8 Å². The van der Waals surface area contributed by atoms with Crippen molar-refractivity contribution in [2.24, 2.45) is 0 Å². The zero-order valence-electron chi connectivity index (χ0n) is 22.4. The number of H-pyrrole nitrogens is 1. The molecule has 1 aliphatic rings. The molecular weight excluding hydrogens is 514 g/mol. The van der Waals surface area contributed by atoms with Crippen LogP contribution in [-0.4, -0.2) is 61.4 Å². The summed E-state index contributed by atoms with van der Waals surface area (Å²) in [6, 6.07) is 18.0. The number of esters is 1. The molecule has 1 aliphatic heterocycles. The summed E-state index contributed by atoms with van der Waals surface area (Å²) in [5, 5.41) is 11.5. The van der Waals surface area contributed by atoms with E-state index in [1.165, 1.54) is 13.2 Å². The van der Waals surface area contributed by atoms with Crippen LogP contribution in [-0.2, 0) is 16.1 Å². The molecule has 4 aromatic rings. The first kappa shape index (κ1) is 27.0. The average molecular weight is 546 g/mol. The van der Waals surface area contributed by atoms with Crippen molar-refractivity contribution in [2.75, 3.05) is 45.3 Å². The number of anilines is 1. The number of pyridine rings is 1. The number of aromatic nitrogens is 1. The van der Waals surface area contributed by atoms with Gasteiger partial charge in [-0.3, -0.25) is 19.3 Å². The fraction of sp³-hybridized carbons (Fsp3) is 0.300. The number of hydrogen-bond donors (Lipinski definition) is 2. The van der Waals surface area contributed by atoms with Crippen LogP contribution in [0.4, 0.5) is 5.69 Å². The lowest BCUT2D eigenvalue weighted by Crippen LogP contribution is -2.46. The summed E-state index contributed by atoms with van der Waals surface area (Å²) in [6.45, 7) is 3.33. The number of aromatic amines is 1. The van der Waals surface area contributed by atoms with Gasteiger partial charge in [-0.1, -0.05) is 18.2 Å². The number of piperazine rings is 1. The molecule has 0 aliphatic carbocycles. The number of methoxy groups -OCH3 is 2. The number of aromatic hydroxyl groups is 1. The molecular formula is C30H31N3O7. The van der Waals surface area contributed by atoms with Crippen LogP contribution in [0.5, 0.6) is 11.5 Å². The maximum absolute atomic E-state index is 13.1. The van der Waals surface area contributed by atoms with Crippen molar-refractivity contribution in [1.29, 1.82) is 0 Å². The predicted molar refractivity (Wildman–Crippen MR) is 150 cm³/mol. The lowest BCUT2D eigenvalue weighted by molar-refractivity contribution is -0.140. The molecule has 10 heteroatoms. The van der Waals surface area contributed by atoms with Crippen molar-refractivity contribution in [3.63, 3.8) is 0 Å². The Morgan fingerprint density at radius 2 is 1.75 bits per heavy atom. The van der Waals surface area contributed by atoms with Crippen molar-refractivity contribution < 1.29 is 23.8 Å². The highest BCUT2D eigenvalue weighted by molar-refractivity contribution is 5.79. The maximum Gasteiger partial charge on any atom is 0.306 e. The molecule has 0 bridgehead atoms. The lowest BCUT2D eigenvalue weighted by atomic mass is 9.92. The van der Waals surface area contributed by atoms with Crippen molar-refractivity contribution in [2.45, 2.75) is 18.9 Å². The Morgan fingerprint density at radius 3 is 2.45 bits per heavy atom. The number of ether oxygens (including phenoxy) is 2. The van der Waals surface area contributed by atoms with Gasteiger partial charge < -0.3 is 28.9 Å². The lowest BCUT2D eigenvalue weighted by Gasteiger charge is -2.36. The minimum absolute atomic E-state index is 0.134. The SMILES string of the molecule is COC(=O)CC(c1oc(CN2CCN(c3ccc(OC)cc3)CC2)cc(=O)c1O)c1cc2ccccc2[nH]c1=O. The summed E-state index contributed by atoms with van der Waals surface area (Å²) < 4.78 is 16.2. The molecule has 1 fully saturated rings. The highest BCUT2D eigenvalue weighted by atomic mass is 16.5. The fourth-order valence-electron chi connectivity index (χ4n) is 5.06. The Hall–Kier alpha value is -4.57. The van der Waals surface area contributed by atoms with Crippen molar-refractivity contribution >= 4 is 22.6 Å². The molecule has 2 aromatic carbocycles. The molecule has 3 heterocycles. The summed E-state index contributed by atoms with van der Waals surface area (Å²) in [4.78, 5) is 45.5. The Balaban J connectivity index is 1.41. The zero-order valence-corrected chi connectivity index (χ0v) is 22.4. The van der Waals surface area contributed by atoms with Crippen molar-refractivity contribution in [3.05, 3.63) is 98.3 Å². The number of carbonyl (C=O) groups excluding carboxylic acids is 1. The smallest absolute Gasteiger partial charge is 0.306 e. The highest BCUT2D eigenvalue weighted by Gasteiger charge is 2.29. The van der Waals surface area contributed by atoms with Gasteiger partial charge in [0.25, 0.3) is 5.56 Å². The van der Waals surface area contributed by atoms with E-state index in [1.807, 2.05) is 36.4 Å². The molecule has 2 aromatic heterocycles. The molecule has 0 amide bonds. The van der Waals surface area contributed by atoms with Gasteiger partial charge in [0.1, 0.15) is 11.5 Å². The van der Waals surface area contributed by atoms with Crippen LogP contribution >= 0.6 is 0 Å². The summed E-state index contributed by atoms with van der Waals surface area (Å²) in [6.07, 6.45) is -0.293. The normalized spacial score (nSPS) is 14.7. The average Bonchev–Trinajstić information content (AvgIpc) is 2.98. The molecule has 0 spiro atoms. The van der Waals surface area contributed by atoms with Gasteiger partial charge in [-0.15, -0.1) is 0 Å². The monoisotopic (exact) mass is 545 g/mol. The third-order valence-corrected chi connectivity index (χ3v) is 7.26. The second-order valence-corrected chi connectivity index (χ2v) is 9.72. The van der Waals surface area contributed by atoms with Gasteiger partial charge in [-0.2, -0.15) is 0 Å². The molecule has 0 saturated carbocycles. The molecule has 1 saturated heterocycles. The van der Waals surface area contributed by atoms with Gasteiger partial charge in [0.2, 0.25) is 11.2 Å². The molecule has 208 valence electrons. The Kier molecular flexibility index (Phi) is 7.88. The number of fused-ring (bicyclic) bond motifs is 1. The van der Waals surface area contributed by atoms with E-state index >= 15 is 0 Å². The number of para-hydroxylation sites is 1. The number of carbonyl (C=O) groups is 1. The van der Waals surface area contributed by atoms with E-state index in [9.17, 15) is 19.5 Å². The number of nitrogens with one attached hydrogen (secondary N) is 1. The highest BCUT2D eigenvalue weighted by Crippen LogP contribution is 2.33.